The second kappa shape index (κ2) is 7.51. The Morgan fingerprint density at radius 1 is 1.38 bits per heavy atom. The smallest absolute Gasteiger partial charge is 0.257 e. The van der Waals surface area contributed by atoms with Crippen molar-refractivity contribution in [3.05, 3.63) is 23.9 Å². The van der Waals surface area contributed by atoms with Gasteiger partial charge >= 0.3 is 0 Å². The van der Waals surface area contributed by atoms with Gasteiger partial charge in [-0.2, -0.15) is 0 Å². The third-order valence-corrected chi connectivity index (χ3v) is 5.27. The number of nitrogens with zero attached hydrogens (tertiary/aromatic N) is 3. The number of carbonyl (C=O) groups is 1. The summed E-state index contributed by atoms with van der Waals surface area (Å²) in [5.41, 5.74) is 0.679. The van der Waals surface area contributed by atoms with E-state index in [1.54, 1.807) is 6.20 Å². The Labute approximate surface area is 145 Å². The van der Waals surface area contributed by atoms with E-state index < -0.39 is 0 Å². The van der Waals surface area contributed by atoms with Crippen LogP contribution < -0.4 is 5.32 Å². The van der Waals surface area contributed by atoms with E-state index in [1.807, 2.05) is 24.1 Å². The molecule has 1 aliphatic heterocycles. The molecule has 5 heteroatoms. The van der Waals surface area contributed by atoms with Crippen LogP contribution in [0.3, 0.4) is 0 Å². The van der Waals surface area contributed by atoms with Crippen LogP contribution in [0, 0.1) is 11.8 Å². The Balaban J connectivity index is 1.76. The Morgan fingerprint density at radius 3 is 2.83 bits per heavy atom. The van der Waals surface area contributed by atoms with Crippen LogP contribution in [0.5, 0.6) is 0 Å². The molecule has 0 radical (unpaired) electrons. The molecule has 0 bridgehead atoms. The van der Waals surface area contributed by atoms with Crippen LogP contribution in [0.25, 0.3) is 0 Å². The second-order valence-corrected chi connectivity index (χ2v) is 7.50. The van der Waals surface area contributed by atoms with Crippen molar-refractivity contribution in [2.24, 2.45) is 11.8 Å². The van der Waals surface area contributed by atoms with Gasteiger partial charge in [-0.05, 0) is 43.2 Å². The maximum atomic E-state index is 13.1. The number of pyridine rings is 1. The van der Waals surface area contributed by atoms with Crippen LogP contribution in [0.15, 0.2) is 18.3 Å². The summed E-state index contributed by atoms with van der Waals surface area (Å²) in [4.78, 5) is 22.0. The van der Waals surface area contributed by atoms with Gasteiger partial charge in [-0.15, -0.1) is 0 Å². The minimum absolute atomic E-state index is 0.103. The Hall–Kier alpha value is -1.62. The molecule has 1 amide bonds. The molecular formula is C19H30N4O. The lowest BCUT2D eigenvalue weighted by atomic mass is 10.0. The summed E-state index contributed by atoms with van der Waals surface area (Å²) in [6, 6.07) is 4.16. The Bertz CT molecular complexity index is 570. The first-order valence-electron chi connectivity index (χ1n) is 9.26. The number of rotatable bonds is 5. The zero-order valence-corrected chi connectivity index (χ0v) is 15.2. The van der Waals surface area contributed by atoms with Crippen molar-refractivity contribution in [2.45, 2.75) is 39.2 Å². The maximum absolute atomic E-state index is 13.1. The third-order valence-electron chi connectivity index (χ3n) is 5.27. The van der Waals surface area contributed by atoms with Gasteiger partial charge in [0.05, 0.1) is 5.56 Å². The largest absolute Gasteiger partial charge is 0.372 e. The molecule has 1 saturated carbocycles. The van der Waals surface area contributed by atoms with Crippen LogP contribution in [0.1, 0.15) is 43.5 Å². The molecule has 2 aliphatic rings. The molecule has 1 N–H and O–H groups in total. The lowest BCUT2D eigenvalue weighted by Gasteiger charge is -2.34. The number of carbonyl (C=O) groups excluding carboxylic acids is 1. The Morgan fingerprint density at radius 2 is 2.17 bits per heavy atom. The quantitative estimate of drug-likeness (QED) is 0.902. The van der Waals surface area contributed by atoms with Crippen LogP contribution in [0.4, 0.5) is 5.82 Å². The number of aromatic nitrogens is 1. The highest BCUT2D eigenvalue weighted by Crippen LogP contribution is 2.32. The van der Waals surface area contributed by atoms with Gasteiger partial charge in [0.25, 0.3) is 5.91 Å². The highest BCUT2D eigenvalue weighted by atomic mass is 16.2. The van der Waals surface area contributed by atoms with Gasteiger partial charge in [0, 0.05) is 45.5 Å². The minimum Gasteiger partial charge on any atom is -0.372 e. The van der Waals surface area contributed by atoms with E-state index in [0.717, 1.165) is 32.0 Å². The lowest BCUT2D eigenvalue weighted by molar-refractivity contribution is 0.0705. The highest BCUT2D eigenvalue weighted by molar-refractivity contribution is 5.98. The van der Waals surface area contributed by atoms with Crippen molar-refractivity contribution >= 4 is 11.7 Å². The highest BCUT2D eigenvalue weighted by Gasteiger charge is 2.33. The first-order valence-corrected chi connectivity index (χ1v) is 9.26. The number of hydrogen-bond donors (Lipinski definition) is 1. The topological polar surface area (TPSA) is 48.5 Å². The predicted molar refractivity (Wildman–Crippen MR) is 97.2 cm³/mol. The van der Waals surface area contributed by atoms with Crippen molar-refractivity contribution in [2.75, 3.05) is 38.5 Å². The Kier molecular flexibility index (Phi) is 5.39. The van der Waals surface area contributed by atoms with E-state index in [4.69, 9.17) is 0 Å². The van der Waals surface area contributed by atoms with E-state index in [9.17, 15) is 4.79 Å². The average Bonchev–Trinajstić information content (AvgIpc) is 3.41. The maximum Gasteiger partial charge on any atom is 0.257 e. The molecule has 3 rings (SSSR count). The van der Waals surface area contributed by atoms with Gasteiger partial charge in [-0.25, -0.2) is 4.98 Å². The van der Waals surface area contributed by atoms with Crippen LogP contribution in [-0.4, -0.2) is 60.0 Å². The summed E-state index contributed by atoms with van der Waals surface area (Å²) < 4.78 is 0. The number of amides is 1. The number of hydrogen-bond acceptors (Lipinski definition) is 4. The van der Waals surface area contributed by atoms with Crippen LogP contribution in [0.2, 0.25) is 0 Å². The first kappa shape index (κ1) is 17.2. The summed E-state index contributed by atoms with van der Waals surface area (Å²) >= 11 is 0. The van der Waals surface area contributed by atoms with Crippen molar-refractivity contribution in [1.29, 1.82) is 0 Å². The minimum atomic E-state index is 0.103. The molecule has 5 nitrogen and oxygen atoms in total. The normalized spacial score (nSPS) is 22.5. The molecule has 2 fully saturated rings. The van der Waals surface area contributed by atoms with Crippen molar-refractivity contribution in [1.82, 2.24) is 14.8 Å². The van der Waals surface area contributed by atoms with Gasteiger partial charge in [0.15, 0.2) is 0 Å². The van der Waals surface area contributed by atoms with Crippen molar-refractivity contribution in [3.63, 3.8) is 0 Å². The number of nitrogens with one attached hydrogen (secondary N) is 1. The molecule has 1 saturated heterocycles. The summed E-state index contributed by atoms with van der Waals surface area (Å²) in [6.07, 6.45) is 5.53. The summed E-state index contributed by atoms with van der Waals surface area (Å²) in [7, 11) is 1.82. The van der Waals surface area contributed by atoms with E-state index in [0.29, 0.717) is 23.3 Å². The molecule has 1 aromatic heterocycles. The van der Waals surface area contributed by atoms with Crippen molar-refractivity contribution < 1.29 is 4.79 Å². The molecule has 1 aromatic rings. The fraction of sp³-hybridized carbons (Fsp3) is 0.684. The first-order chi connectivity index (χ1) is 11.6. The molecule has 0 unspecified atom stereocenters. The monoisotopic (exact) mass is 330 g/mol. The average molecular weight is 330 g/mol. The van der Waals surface area contributed by atoms with E-state index in [2.05, 4.69) is 29.0 Å². The van der Waals surface area contributed by atoms with Gasteiger partial charge in [0.2, 0.25) is 0 Å². The summed E-state index contributed by atoms with van der Waals surface area (Å²) in [5.74, 6) is 2.21. The fourth-order valence-corrected chi connectivity index (χ4v) is 3.69. The van der Waals surface area contributed by atoms with E-state index in [1.165, 1.54) is 19.4 Å². The summed E-state index contributed by atoms with van der Waals surface area (Å²) in [5, 5.41) is 3.04. The molecule has 0 aromatic carbocycles. The molecule has 0 spiro atoms. The molecular weight excluding hydrogens is 300 g/mol. The van der Waals surface area contributed by atoms with E-state index in [-0.39, 0.29) is 5.91 Å². The number of anilines is 1. The molecule has 2 heterocycles. The van der Waals surface area contributed by atoms with Crippen molar-refractivity contribution in [3.8, 4) is 0 Å². The van der Waals surface area contributed by atoms with E-state index >= 15 is 0 Å². The lowest BCUT2D eigenvalue weighted by Crippen LogP contribution is -2.46. The molecule has 24 heavy (non-hydrogen) atoms. The third kappa shape index (κ3) is 3.89. The second-order valence-electron chi connectivity index (χ2n) is 7.50. The SMILES string of the molecule is CNc1ncccc1C(=O)N1CCCN(CC2CC2)[C@H](C(C)C)C1. The molecule has 1 atom stereocenters. The van der Waals surface area contributed by atoms with Crippen LogP contribution >= 0.6 is 0 Å². The zero-order chi connectivity index (χ0) is 17.1. The van der Waals surface area contributed by atoms with Gasteiger partial charge in [0.1, 0.15) is 5.82 Å². The standard InChI is InChI=1S/C19H30N4O/c1-14(2)17-13-23(11-5-10-22(17)12-15-7-8-15)19(24)16-6-4-9-21-18(16)20-3/h4,6,9,14-15,17H,5,7-8,10-13H2,1-3H3,(H,20,21)/t17-/m0/s1. The van der Waals surface area contributed by atoms with Gasteiger partial charge in [-0.1, -0.05) is 13.8 Å². The van der Waals surface area contributed by atoms with Gasteiger partial charge < -0.3 is 10.2 Å². The molecule has 1 aliphatic carbocycles. The summed E-state index contributed by atoms with van der Waals surface area (Å²) in [6.45, 7) is 8.53. The zero-order valence-electron chi connectivity index (χ0n) is 15.2. The van der Waals surface area contributed by atoms with Gasteiger partial charge in [-0.3, -0.25) is 9.69 Å². The molecule has 132 valence electrons. The predicted octanol–water partition coefficient (Wildman–Crippen LogP) is 2.71. The van der Waals surface area contributed by atoms with Crippen LogP contribution in [-0.2, 0) is 0 Å². The fourth-order valence-electron chi connectivity index (χ4n) is 3.69.